The molecule has 3 N–H and O–H groups in total. The first-order valence-corrected chi connectivity index (χ1v) is 8.56. The molecule has 21 heavy (non-hydrogen) atoms. The molecule has 116 valence electrons. The van der Waals surface area contributed by atoms with Crippen LogP contribution in [0.2, 0.25) is 0 Å². The van der Waals surface area contributed by atoms with Gasteiger partial charge < -0.3 is 5.32 Å². The molecule has 1 aliphatic rings. The van der Waals surface area contributed by atoms with Crippen molar-refractivity contribution >= 4 is 15.9 Å². The Bertz CT molecular complexity index is 704. The van der Waals surface area contributed by atoms with Crippen LogP contribution < -0.4 is 10.5 Å². The molecule has 2 rings (SSSR count). The average Bonchev–Trinajstić information content (AvgIpc) is 2.23. The van der Waals surface area contributed by atoms with Gasteiger partial charge in [0.15, 0.2) is 0 Å². The maximum absolute atomic E-state index is 12.5. The molecule has 1 aromatic rings. The quantitative estimate of drug-likeness (QED) is 0.894. The summed E-state index contributed by atoms with van der Waals surface area (Å²) >= 11 is 0. The zero-order valence-electron chi connectivity index (χ0n) is 12.9. The monoisotopic (exact) mass is 310 g/mol. The molecule has 6 heteroatoms. The van der Waals surface area contributed by atoms with Crippen LogP contribution in [0, 0.1) is 20.8 Å². The molecule has 0 heterocycles. The maximum atomic E-state index is 12.5. The van der Waals surface area contributed by atoms with Crippen LogP contribution in [-0.4, -0.2) is 19.9 Å². The number of amides is 1. The van der Waals surface area contributed by atoms with Gasteiger partial charge in [-0.25, -0.2) is 13.6 Å². The molecule has 1 fully saturated rings. The number of carbonyl (C=O) groups is 1. The largest absolute Gasteiger partial charge is 0.347 e. The molecule has 0 atom stereocenters. The zero-order chi connectivity index (χ0) is 16.0. The van der Waals surface area contributed by atoms with Crippen molar-refractivity contribution in [1.82, 2.24) is 5.32 Å². The molecule has 0 spiro atoms. The lowest BCUT2D eigenvalue weighted by Gasteiger charge is -2.39. The minimum absolute atomic E-state index is 0.0528. The van der Waals surface area contributed by atoms with Crippen molar-refractivity contribution in [1.29, 1.82) is 0 Å². The summed E-state index contributed by atoms with van der Waals surface area (Å²) in [5, 5.41) is 8.30. The molecule has 1 saturated carbocycles. The summed E-state index contributed by atoms with van der Waals surface area (Å²) in [4.78, 5) is 12.6. The van der Waals surface area contributed by atoms with Crippen LogP contribution in [0.4, 0.5) is 0 Å². The van der Waals surface area contributed by atoms with Crippen molar-refractivity contribution in [2.75, 3.05) is 0 Å². The number of nitrogens with two attached hydrogens (primary N) is 1. The fourth-order valence-electron chi connectivity index (χ4n) is 3.12. The number of primary sulfonamides is 1. The van der Waals surface area contributed by atoms with Crippen LogP contribution in [0.3, 0.4) is 0 Å². The van der Waals surface area contributed by atoms with Crippen LogP contribution in [0.25, 0.3) is 0 Å². The molecule has 1 amide bonds. The van der Waals surface area contributed by atoms with E-state index in [4.69, 9.17) is 5.14 Å². The van der Waals surface area contributed by atoms with Gasteiger partial charge in [0.25, 0.3) is 5.91 Å². The van der Waals surface area contributed by atoms with Gasteiger partial charge in [0.1, 0.15) is 0 Å². The number of hydrogen-bond acceptors (Lipinski definition) is 3. The molecule has 0 saturated heterocycles. The Kier molecular flexibility index (Phi) is 3.88. The molecule has 0 unspecified atom stereocenters. The number of nitrogens with one attached hydrogen (secondary N) is 1. The fourth-order valence-corrected chi connectivity index (χ4v) is 4.16. The number of carbonyl (C=O) groups excluding carboxylic acids is 1. The summed E-state index contributed by atoms with van der Waals surface area (Å²) in [7, 11) is -3.85. The van der Waals surface area contributed by atoms with Crippen LogP contribution in [0.15, 0.2) is 11.0 Å². The van der Waals surface area contributed by atoms with Gasteiger partial charge in [-0.3, -0.25) is 4.79 Å². The standard InChI is InChI=1S/C15H22N2O3S/c1-9-8-10(2)13(21(16,19)20)11(3)12(9)14(18)17-15(4)6-5-7-15/h8H,5-7H2,1-4H3,(H,17,18)(H2,16,19,20). The first kappa shape index (κ1) is 16.0. The van der Waals surface area contributed by atoms with E-state index in [1.54, 1.807) is 19.9 Å². The molecule has 5 nitrogen and oxygen atoms in total. The second kappa shape index (κ2) is 5.10. The van der Waals surface area contributed by atoms with E-state index < -0.39 is 10.0 Å². The summed E-state index contributed by atoms with van der Waals surface area (Å²) in [5.74, 6) is -0.225. The lowest BCUT2D eigenvalue weighted by atomic mass is 9.78. The van der Waals surface area contributed by atoms with Gasteiger partial charge in [-0.05, 0) is 63.6 Å². The van der Waals surface area contributed by atoms with Gasteiger partial charge in [0.2, 0.25) is 10.0 Å². The van der Waals surface area contributed by atoms with Gasteiger partial charge in [-0.1, -0.05) is 6.07 Å². The molecule has 0 aliphatic heterocycles. The van der Waals surface area contributed by atoms with Crippen molar-refractivity contribution in [3.63, 3.8) is 0 Å². The Morgan fingerprint density at radius 1 is 1.24 bits per heavy atom. The van der Waals surface area contributed by atoms with Gasteiger partial charge in [-0.2, -0.15) is 0 Å². The predicted octanol–water partition coefficient (Wildman–Crippen LogP) is 1.93. The highest BCUT2D eigenvalue weighted by atomic mass is 32.2. The highest BCUT2D eigenvalue weighted by Crippen LogP contribution is 2.32. The summed E-state index contributed by atoms with van der Waals surface area (Å²) < 4.78 is 23.5. The van der Waals surface area contributed by atoms with Crippen LogP contribution in [0.5, 0.6) is 0 Å². The van der Waals surface area contributed by atoms with E-state index in [0.717, 1.165) is 24.8 Å². The van der Waals surface area contributed by atoms with Crippen molar-refractivity contribution < 1.29 is 13.2 Å². The third-order valence-corrected chi connectivity index (χ3v) is 5.48. The smallest absolute Gasteiger partial charge is 0.252 e. The van der Waals surface area contributed by atoms with Gasteiger partial charge in [-0.15, -0.1) is 0 Å². The Balaban J connectivity index is 2.51. The number of sulfonamides is 1. The van der Waals surface area contributed by atoms with Crippen LogP contribution in [-0.2, 0) is 10.0 Å². The summed E-state index contributed by atoms with van der Waals surface area (Å²) in [5.41, 5.74) is 1.99. The zero-order valence-corrected chi connectivity index (χ0v) is 13.7. The molecular weight excluding hydrogens is 288 g/mol. The minimum Gasteiger partial charge on any atom is -0.347 e. The average molecular weight is 310 g/mol. The van der Waals surface area contributed by atoms with E-state index in [1.807, 2.05) is 13.8 Å². The van der Waals surface area contributed by atoms with Crippen LogP contribution >= 0.6 is 0 Å². The number of aryl methyl sites for hydroxylation is 2. The SMILES string of the molecule is Cc1cc(C)c(S(N)(=O)=O)c(C)c1C(=O)NC1(C)CCC1. The lowest BCUT2D eigenvalue weighted by Crippen LogP contribution is -2.51. The van der Waals surface area contributed by atoms with Gasteiger partial charge >= 0.3 is 0 Å². The highest BCUT2D eigenvalue weighted by molar-refractivity contribution is 7.89. The van der Waals surface area contributed by atoms with Gasteiger partial charge in [0.05, 0.1) is 4.90 Å². The summed E-state index contributed by atoms with van der Waals surface area (Å²) in [6.07, 6.45) is 3.00. The van der Waals surface area contributed by atoms with E-state index in [9.17, 15) is 13.2 Å². The number of rotatable bonds is 3. The Morgan fingerprint density at radius 2 is 1.81 bits per heavy atom. The van der Waals surface area contributed by atoms with Crippen molar-refractivity contribution in [3.8, 4) is 0 Å². The van der Waals surface area contributed by atoms with Crippen molar-refractivity contribution in [2.24, 2.45) is 5.14 Å². The Morgan fingerprint density at radius 3 is 2.24 bits per heavy atom. The van der Waals surface area contributed by atoms with Crippen molar-refractivity contribution in [2.45, 2.75) is 57.4 Å². The second-order valence-electron chi connectivity index (χ2n) is 6.25. The van der Waals surface area contributed by atoms with E-state index in [2.05, 4.69) is 5.32 Å². The van der Waals surface area contributed by atoms with E-state index >= 15 is 0 Å². The lowest BCUT2D eigenvalue weighted by molar-refractivity contribution is 0.0849. The van der Waals surface area contributed by atoms with E-state index in [0.29, 0.717) is 16.7 Å². The number of hydrogen-bond donors (Lipinski definition) is 2. The molecule has 0 aromatic heterocycles. The first-order chi connectivity index (χ1) is 9.55. The third kappa shape index (κ3) is 2.96. The molecule has 0 radical (unpaired) electrons. The molecule has 1 aliphatic carbocycles. The van der Waals surface area contributed by atoms with Crippen LogP contribution in [0.1, 0.15) is 53.2 Å². The summed E-state index contributed by atoms with van der Waals surface area (Å²) in [6, 6.07) is 1.70. The minimum atomic E-state index is -3.85. The Labute approximate surface area is 126 Å². The molecule has 1 aromatic carbocycles. The topological polar surface area (TPSA) is 89.3 Å². The summed E-state index contributed by atoms with van der Waals surface area (Å²) in [6.45, 7) is 7.14. The third-order valence-electron chi connectivity index (χ3n) is 4.29. The normalized spacial score (nSPS) is 17.2. The van der Waals surface area contributed by atoms with E-state index in [-0.39, 0.29) is 16.3 Å². The number of benzene rings is 1. The van der Waals surface area contributed by atoms with E-state index in [1.165, 1.54) is 0 Å². The first-order valence-electron chi connectivity index (χ1n) is 7.01. The van der Waals surface area contributed by atoms with Crippen molar-refractivity contribution in [3.05, 3.63) is 28.3 Å². The molecular formula is C15H22N2O3S. The highest BCUT2D eigenvalue weighted by Gasteiger charge is 2.34. The molecule has 0 bridgehead atoms. The fraction of sp³-hybridized carbons (Fsp3) is 0.533. The van der Waals surface area contributed by atoms with Gasteiger partial charge in [0, 0.05) is 11.1 Å². The predicted molar refractivity (Wildman–Crippen MR) is 81.7 cm³/mol. The second-order valence-corrected chi connectivity index (χ2v) is 7.75. The maximum Gasteiger partial charge on any atom is 0.252 e. The Hall–Kier alpha value is -1.40.